The predicted molar refractivity (Wildman–Crippen MR) is 107 cm³/mol. The van der Waals surface area contributed by atoms with E-state index in [9.17, 15) is 13.2 Å². The van der Waals surface area contributed by atoms with Crippen LogP contribution in [0.1, 0.15) is 34.1 Å². The molecule has 0 aliphatic rings. The molecule has 0 saturated carbocycles. The van der Waals surface area contributed by atoms with Crippen LogP contribution in [0.15, 0.2) is 54.9 Å². The molecule has 2 rings (SSSR count). The van der Waals surface area contributed by atoms with Crippen LogP contribution in [-0.4, -0.2) is 0 Å². The predicted octanol–water partition coefficient (Wildman–Crippen LogP) is 7.08. The van der Waals surface area contributed by atoms with E-state index in [1.807, 2.05) is 0 Å². The first-order valence-electron chi connectivity index (χ1n) is 8.62. The number of anilines is 2. The zero-order valence-corrected chi connectivity index (χ0v) is 16.1. The molecule has 0 spiro atoms. The van der Waals surface area contributed by atoms with Gasteiger partial charge in [-0.25, -0.2) is 13.2 Å². The monoisotopic (exact) mass is 374 g/mol. The van der Waals surface area contributed by atoms with E-state index in [0.29, 0.717) is 11.4 Å². The van der Waals surface area contributed by atoms with Gasteiger partial charge in [-0.2, -0.15) is 0 Å². The van der Waals surface area contributed by atoms with E-state index in [4.69, 9.17) is 0 Å². The minimum Gasteiger partial charge on any atom is -0.359 e. The molecule has 2 aromatic carbocycles. The van der Waals surface area contributed by atoms with Crippen molar-refractivity contribution in [2.24, 2.45) is 5.41 Å². The maximum Gasteiger partial charge on any atom is 0.149 e. The average molecular weight is 374 g/mol. The standard InChI is InChI=1S/C22H25F3N2/c1-13(2)26-21-10-17(19(24)11-20(21)25)16-9-15(7-8-18(16)23)27-14(3)12-22(4,5)6/h7-11,26-27H,1,3,12H2,2,4-6H3. The third kappa shape index (κ3) is 5.64. The highest BCUT2D eigenvalue weighted by Gasteiger charge is 2.17. The van der Waals surface area contributed by atoms with Crippen molar-refractivity contribution in [3.05, 3.63) is 72.3 Å². The van der Waals surface area contributed by atoms with Gasteiger partial charge in [-0.15, -0.1) is 0 Å². The molecule has 27 heavy (non-hydrogen) atoms. The molecule has 2 nitrogen and oxygen atoms in total. The van der Waals surface area contributed by atoms with Gasteiger partial charge < -0.3 is 10.6 Å². The second-order valence-corrected chi connectivity index (χ2v) is 7.88. The van der Waals surface area contributed by atoms with Crippen molar-refractivity contribution in [2.75, 3.05) is 10.6 Å². The largest absolute Gasteiger partial charge is 0.359 e. The number of benzene rings is 2. The van der Waals surface area contributed by atoms with Crippen LogP contribution >= 0.6 is 0 Å². The highest BCUT2D eigenvalue weighted by molar-refractivity contribution is 5.73. The highest BCUT2D eigenvalue weighted by atomic mass is 19.1. The maximum atomic E-state index is 14.4. The summed E-state index contributed by atoms with van der Waals surface area (Å²) in [5.74, 6) is -2.22. The van der Waals surface area contributed by atoms with Gasteiger partial charge in [0.1, 0.15) is 17.5 Å². The van der Waals surface area contributed by atoms with E-state index < -0.39 is 17.5 Å². The van der Waals surface area contributed by atoms with E-state index >= 15 is 0 Å². The number of hydrogen-bond donors (Lipinski definition) is 2. The lowest BCUT2D eigenvalue weighted by Crippen LogP contribution is -2.10. The van der Waals surface area contributed by atoms with Crippen LogP contribution in [-0.2, 0) is 0 Å². The molecule has 0 fully saturated rings. The Morgan fingerprint density at radius 1 is 0.889 bits per heavy atom. The summed E-state index contributed by atoms with van der Waals surface area (Å²) in [6, 6.07) is 6.27. The van der Waals surface area contributed by atoms with Crippen LogP contribution < -0.4 is 10.6 Å². The minimum atomic E-state index is -0.843. The average Bonchev–Trinajstić information content (AvgIpc) is 2.50. The lowest BCUT2D eigenvalue weighted by molar-refractivity contribution is 0.411. The molecule has 5 heteroatoms. The Kier molecular flexibility index (Phi) is 6.04. The van der Waals surface area contributed by atoms with Gasteiger partial charge in [-0.05, 0) is 43.0 Å². The maximum absolute atomic E-state index is 14.4. The van der Waals surface area contributed by atoms with E-state index in [1.165, 1.54) is 18.2 Å². The fourth-order valence-corrected chi connectivity index (χ4v) is 2.78. The van der Waals surface area contributed by atoms with Crippen molar-refractivity contribution >= 4 is 11.4 Å². The molecule has 0 bridgehead atoms. The molecule has 2 N–H and O–H groups in total. The third-order valence-electron chi connectivity index (χ3n) is 3.73. The summed E-state index contributed by atoms with van der Waals surface area (Å²) in [5, 5.41) is 5.84. The molecule has 0 saturated heterocycles. The van der Waals surface area contributed by atoms with Gasteiger partial charge in [-0.1, -0.05) is 33.9 Å². The van der Waals surface area contributed by atoms with Gasteiger partial charge in [0.15, 0.2) is 0 Å². The van der Waals surface area contributed by atoms with Crippen LogP contribution in [0.2, 0.25) is 0 Å². The highest BCUT2D eigenvalue weighted by Crippen LogP contribution is 2.33. The van der Waals surface area contributed by atoms with Crippen molar-refractivity contribution < 1.29 is 13.2 Å². The van der Waals surface area contributed by atoms with Crippen LogP contribution in [0, 0.1) is 22.9 Å². The number of hydrogen-bond acceptors (Lipinski definition) is 2. The molecule has 0 aromatic heterocycles. The van der Waals surface area contributed by atoms with Gasteiger partial charge in [0.2, 0.25) is 0 Å². The Morgan fingerprint density at radius 2 is 1.52 bits per heavy atom. The molecule has 0 aliphatic carbocycles. The molecule has 0 heterocycles. The SMILES string of the molecule is C=C(C)Nc1cc(-c2cc(NC(=C)CC(C)(C)C)ccc2F)c(F)cc1F. The first kappa shape index (κ1) is 20.6. The lowest BCUT2D eigenvalue weighted by Gasteiger charge is -2.21. The smallest absolute Gasteiger partial charge is 0.149 e. The summed E-state index contributed by atoms with van der Waals surface area (Å²) in [5.41, 5.74) is 1.91. The number of nitrogens with one attached hydrogen (secondary N) is 2. The quantitative estimate of drug-likeness (QED) is 0.564. The minimum absolute atomic E-state index is 0.0332. The summed E-state index contributed by atoms with van der Waals surface area (Å²) in [4.78, 5) is 0. The molecular formula is C22H25F3N2. The zero-order valence-electron chi connectivity index (χ0n) is 16.1. The van der Waals surface area contributed by atoms with Crippen LogP contribution in [0.25, 0.3) is 11.1 Å². The molecule has 0 radical (unpaired) electrons. The first-order chi connectivity index (χ1) is 12.5. The summed E-state index contributed by atoms with van der Waals surface area (Å²) < 4.78 is 42.7. The van der Waals surface area contributed by atoms with Crippen molar-refractivity contribution in [3.8, 4) is 11.1 Å². The Morgan fingerprint density at radius 3 is 2.11 bits per heavy atom. The van der Waals surface area contributed by atoms with Crippen LogP contribution in [0.4, 0.5) is 24.5 Å². The van der Waals surface area contributed by atoms with Gasteiger partial charge >= 0.3 is 0 Å². The normalized spacial score (nSPS) is 11.2. The molecule has 0 aliphatic heterocycles. The van der Waals surface area contributed by atoms with E-state index in [1.54, 1.807) is 13.0 Å². The molecule has 0 unspecified atom stereocenters. The Hall–Kier alpha value is -2.69. The summed E-state index contributed by atoms with van der Waals surface area (Å²) in [7, 11) is 0. The third-order valence-corrected chi connectivity index (χ3v) is 3.73. The second-order valence-electron chi connectivity index (χ2n) is 7.88. The lowest BCUT2D eigenvalue weighted by atomic mass is 9.91. The first-order valence-corrected chi connectivity index (χ1v) is 8.62. The Bertz CT molecular complexity index is 880. The van der Waals surface area contributed by atoms with Crippen molar-refractivity contribution in [1.82, 2.24) is 0 Å². The van der Waals surface area contributed by atoms with E-state index in [-0.39, 0.29) is 22.2 Å². The number of halogens is 3. The molecule has 0 atom stereocenters. The topological polar surface area (TPSA) is 24.1 Å². The summed E-state index contributed by atoms with van der Waals surface area (Å²) in [6.45, 7) is 15.5. The Balaban J connectivity index is 2.41. The van der Waals surface area contributed by atoms with Gasteiger partial charge in [-0.3, -0.25) is 0 Å². The summed E-state index contributed by atoms with van der Waals surface area (Å²) >= 11 is 0. The van der Waals surface area contributed by atoms with Crippen LogP contribution in [0.5, 0.6) is 0 Å². The number of rotatable bonds is 6. The van der Waals surface area contributed by atoms with Gasteiger partial charge in [0.05, 0.1) is 5.69 Å². The van der Waals surface area contributed by atoms with Crippen LogP contribution in [0.3, 0.4) is 0 Å². The molecule has 0 amide bonds. The number of allylic oxidation sites excluding steroid dienone is 2. The fourth-order valence-electron chi connectivity index (χ4n) is 2.78. The van der Waals surface area contributed by atoms with Crippen molar-refractivity contribution in [2.45, 2.75) is 34.1 Å². The summed E-state index contributed by atoms with van der Waals surface area (Å²) in [6.07, 6.45) is 0.720. The molecular weight excluding hydrogens is 349 g/mol. The van der Waals surface area contributed by atoms with Crippen molar-refractivity contribution in [1.29, 1.82) is 0 Å². The Labute approximate surface area is 158 Å². The van der Waals surface area contributed by atoms with E-state index in [2.05, 4.69) is 44.6 Å². The molecule has 2 aromatic rings. The molecule has 144 valence electrons. The van der Waals surface area contributed by atoms with Gasteiger partial charge in [0.25, 0.3) is 0 Å². The van der Waals surface area contributed by atoms with E-state index in [0.717, 1.165) is 18.2 Å². The second kappa shape index (κ2) is 7.91. The van der Waals surface area contributed by atoms with Gasteiger partial charge in [0, 0.05) is 34.3 Å². The van der Waals surface area contributed by atoms with Crippen molar-refractivity contribution in [3.63, 3.8) is 0 Å². The zero-order chi connectivity index (χ0) is 20.4. The fraction of sp³-hybridized carbons (Fsp3) is 0.273.